The Kier molecular flexibility index (Phi) is 5.46. The fraction of sp³-hybridized carbons (Fsp3) is 1.00. The average Bonchev–Trinajstić information content (AvgIpc) is 2.29. The molecule has 2 nitrogen and oxygen atoms in total. The van der Waals surface area contributed by atoms with Gasteiger partial charge >= 0.3 is 0 Å². The summed E-state index contributed by atoms with van der Waals surface area (Å²) in [5.41, 5.74) is 6.27. The van der Waals surface area contributed by atoms with Gasteiger partial charge in [-0.1, -0.05) is 32.1 Å². The molecule has 1 aliphatic heterocycles. The van der Waals surface area contributed by atoms with Gasteiger partial charge in [0.05, 0.1) is 0 Å². The van der Waals surface area contributed by atoms with Crippen LogP contribution in [0.4, 0.5) is 0 Å². The van der Waals surface area contributed by atoms with Crippen molar-refractivity contribution in [1.29, 1.82) is 0 Å². The van der Waals surface area contributed by atoms with Gasteiger partial charge in [-0.15, -0.1) is 11.8 Å². The molecule has 0 amide bonds. The smallest absolute Gasteiger partial charge is 0.103 e. The van der Waals surface area contributed by atoms with Crippen LogP contribution >= 0.6 is 11.8 Å². The van der Waals surface area contributed by atoms with Crippen molar-refractivity contribution in [2.24, 2.45) is 11.7 Å². The Morgan fingerprint density at radius 3 is 2.50 bits per heavy atom. The molecule has 16 heavy (non-hydrogen) atoms. The molecule has 1 saturated carbocycles. The zero-order valence-corrected chi connectivity index (χ0v) is 11.1. The number of nitrogens with one attached hydrogen (secondary N) is 1. The molecule has 2 rings (SSSR count). The maximum atomic E-state index is 6.09. The Morgan fingerprint density at radius 2 is 1.62 bits per heavy atom. The number of hydrogen-bond donors (Lipinski definition) is 2. The molecule has 1 aliphatic carbocycles. The Hall–Kier alpha value is 0.270. The molecule has 0 spiro atoms. The predicted molar refractivity (Wildman–Crippen MR) is 72.4 cm³/mol. The summed E-state index contributed by atoms with van der Waals surface area (Å²) < 4.78 is 0. The minimum atomic E-state index is 0.175. The van der Waals surface area contributed by atoms with Gasteiger partial charge < -0.3 is 5.73 Å². The minimum Gasteiger partial charge on any atom is -0.307 e. The SMILES string of the molecule is NC1NCC2CCCCCCCC(CC2)S1. The van der Waals surface area contributed by atoms with E-state index in [4.69, 9.17) is 5.73 Å². The van der Waals surface area contributed by atoms with Crippen molar-refractivity contribution >= 4 is 11.8 Å². The third kappa shape index (κ3) is 4.27. The molecule has 3 unspecified atom stereocenters. The lowest BCUT2D eigenvalue weighted by Gasteiger charge is -2.28. The van der Waals surface area contributed by atoms with Gasteiger partial charge in [-0.3, -0.25) is 5.32 Å². The van der Waals surface area contributed by atoms with E-state index in [1.165, 1.54) is 57.8 Å². The van der Waals surface area contributed by atoms with E-state index in [-0.39, 0.29) is 5.50 Å². The van der Waals surface area contributed by atoms with Crippen molar-refractivity contribution in [1.82, 2.24) is 5.32 Å². The summed E-state index contributed by atoms with van der Waals surface area (Å²) in [6.07, 6.45) is 12.8. The molecule has 94 valence electrons. The van der Waals surface area contributed by atoms with Crippen molar-refractivity contribution < 1.29 is 0 Å². The van der Waals surface area contributed by atoms with Crippen LogP contribution in [0.5, 0.6) is 0 Å². The molecule has 0 aromatic rings. The standard InChI is InChI=1S/C13H26N2S/c14-13-15-10-11-6-4-2-1-3-5-7-12(16-13)9-8-11/h11-13,15H,1-10,14H2. The summed E-state index contributed by atoms with van der Waals surface area (Å²) in [6, 6.07) is 0. The maximum absolute atomic E-state index is 6.09. The Balaban J connectivity index is 1.93. The first-order chi connectivity index (χ1) is 7.84. The highest BCUT2D eigenvalue weighted by molar-refractivity contribution is 8.00. The highest BCUT2D eigenvalue weighted by Gasteiger charge is 2.21. The van der Waals surface area contributed by atoms with Gasteiger partial charge in [0.25, 0.3) is 0 Å². The lowest BCUT2D eigenvalue weighted by Crippen LogP contribution is -2.40. The summed E-state index contributed by atoms with van der Waals surface area (Å²) in [5, 5.41) is 4.30. The van der Waals surface area contributed by atoms with Gasteiger partial charge in [0.1, 0.15) is 5.50 Å². The monoisotopic (exact) mass is 242 g/mol. The predicted octanol–water partition coefficient (Wildman–Crippen LogP) is 3.07. The summed E-state index contributed by atoms with van der Waals surface area (Å²) in [4.78, 5) is 0. The second-order valence-electron chi connectivity index (χ2n) is 5.38. The molecule has 0 aromatic carbocycles. The van der Waals surface area contributed by atoms with Gasteiger partial charge in [0.2, 0.25) is 0 Å². The number of thioether (sulfide) groups is 1. The van der Waals surface area contributed by atoms with Crippen LogP contribution in [-0.2, 0) is 0 Å². The highest BCUT2D eigenvalue weighted by Crippen LogP contribution is 2.30. The maximum Gasteiger partial charge on any atom is 0.103 e. The fourth-order valence-electron chi connectivity index (χ4n) is 2.92. The van der Waals surface area contributed by atoms with E-state index in [0.717, 1.165) is 17.7 Å². The highest BCUT2D eigenvalue weighted by atomic mass is 32.2. The van der Waals surface area contributed by atoms with Crippen molar-refractivity contribution in [3.8, 4) is 0 Å². The number of rotatable bonds is 0. The molecule has 1 saturated heterocycles. The molecule has 2 fully saturated rings. The lowest BCUT2D eigenvalue weighted by atomic mass is 9.95. The lowest BCUT2D eigenvalue weighted by molar-refractivity contribution is 0.382. The molecule has 0 aromatic heterocycles. The normalized spacial score (nSPS) is 38.4. The molecular weight excluding hydrogens is 216 g/mol. The fourth-order valence-corrected chi connectivity index (χ4v) is 4.11. The van der Waals surface area contributed by atoms with Crippen LogP contribution in [-0.4, -0.2) is 17.3 Å². The van der Waals surface area contributed by atoms with Crippen LogP contribution in [0, 0.1) is 5.92 Å². The van der Waals surface area contributed by atoms with E-state index >= 15 is 0 Å². The van der Waals surface area contributed by atoms with Gasteiger partial charge in [0, 0.05) is 11.8 Å². The topological polar surface area (TPSA) is 38.0 Å². The Labute approximate surface area is 104 Å². The van der Waals surface area contributed by atoms with E-state index < -0.39 is 0 Å². The van der Waals surface area contributed by atoms with Gasteiger partial charge in [-0.2, -0.15) is 0 Å². The molecule has 2 bridgehead atoms. The van der Waals surface area contributed by atoms with E-state index in [0.29, 0.717) is 0 Å². The van der Waals surface area contributed by atoms with Crippen molar-refractivity contribution in [3.63, 3.8) is 0 Å². The zero-order chi connectivity index (χ0) is 11.2. The zero-order valence-electron chi connectivity index (χ0n) is 10.3. The van der Waals surface area contributed by atoms with Crippen LogP contribution in [0.2, 0.25) is 0 Å². The number of nitrogens with two attached hydrogens (primary N) is 1. The summed E-state index contributed by atoms with van der Waals surface area (Å²) in [6.45, 7) is 1.14. The van der Waals surface area contributed by atoms with E-state index in [9.17, 15) is 0 Å². The molecule has 3 N–H and O–H groups in total. The second-order valence-corrected chi connectivity index (χ2v) is 6.82. The molecule has 3 heteroatoms. The third-order valence-electron chi connectivity index (χ3n) is 3.98. The molecule has 2 aliphatic rings. The summed E-state index contributed by atoms with van der Waals surface area (Å²) in [7, 11) is 0. The number of fused-ring (bicyclic) bond motifs is 3. The molecule has 3 atom stereocenters. The first kappa shape index (κ1) is 12.7. The summed E-state index contributed by atoms with van der Waals surface area (Å²) >= 11 is 1.97. The first-order valence-corrected chi connectivity index (χ1v) is 7.93. The van der Waals surface area contributed by atoms with Crippen LogP contribution in [0.3, 0.4) is 0 Å². The van der Waals surface area contributed by atoms with Crippen molar-refractivity contribution in [3.05, 3.63) is 0 Å². The Bertz CT molecular complexity index is 198. The van der Waals surface area contributed by atoms with Crippen molar-refractivity contribution in [2.45, 2.75) is 68.5 Å². The van der Waals surface area contributed by atoms with Gasteiger partial charge in [0.15, 0.2) is 0 Å². The van der Waals surface area contributed by atoms with Gasteiger partial charge in [-0.05, 0) is 31.6 Å². The average molecular weight is 242 g/mol. The molecule has 1 heterocycles. The minimum absolute atomic E-state index is 0.175. The van der Waals surface area contributed by atoms with Crippen LogP contribution in [0.15, 0.2) is 0 Å². The first-order valence-electron chi connectivity index (χ1n) is 6.99. The molecular formula is C13H26N2S. The van der Waals surface area contributed by atoms with Crippen molar-refractivity contribution in [2.75, 3.05) is 6.54 Å². The quantitative estimate of drug-likeness (QED) is 0.685. The number of hydrogen-bond acceptors (Lipinski definition) is 3. The third-order valence-corrected chi connectivity index (χ3v) is 5.30. The van der Waals surface area contributed by atoms with Crippen LogP contribution in [0.1, 0.15) is 57.8 Å². The van der Waals surface area contributed by atoms with Crippen LogP contribution < -0.4 is 11.1 Å². The van der Waals surface area contributed by atoms with Gasteiger partial charge in [-0.25, -0.2) is 0 Å². The second kappa shape index (κ2) is 6.87. The largest absolute Gasteiger partial charge is 0.307 e. The summed E-state index contributed by atoms with van der Waals surface area (Å²) in [5.74, 6) is 0.882. The molecule has 0 radical (unpaired) electrons. The van der Waals surface area contributed by atoms with E-state index in [1.807, 2.05) is 11.8 Å². The van der Waals surface area contributed by atoms with E-state index in [2.05, 4.69) is 5.32 Å². The Morgan fingerprint density at radius 1 is 0.875 bits per heavy atom. The van der Waals surface area contributed by atoms with Crippen LogP contribution in [0.25, 0.3) is 0 Å². The van der Waals surface area contributed by atoms with E-state index in [1.54, 1.807) is 0 Å².